The van der Waals surface area contributed by atoms with Crippen molar-refractivity contribution in [3.63, 3.8) is 0 Å². The fourth-order valence-corrected chi connectivity index (χ4v) is 6.79. The largest absolute Gasteiger partial charge is 0.391 e. The molecule has 8 nitrogen and oxygen atoms in total. The molecule has 1 heterocycles. The number of amides is 2. The van der Waals surface area contributed by atoms with E-state index in [-0.39, 0.29) is 36.8 Å². The van der Waals surface area contributed by atoms with Crippen LogP contribution in [0.2, 0.25) is 0 Å². The Morgan fingerprint density at radius 3 is 2.23 bits per heavy atom. The molecule has 2 aromatic rings. The van der Waals surface area contributed by atoms with Crippen molar-refractivity contribution < 1.29 is 23.5 Å². The van der Waals surface area contributed by atoms with Crippen molar-refractivity contribution in [2.75, 3.05) is 25.5 Å². The van der Waals surface area contributed by atoms with Crippen LogP contribution in [0.5, 0.6) is 0 Å². The number of carbonyl (C=O) groups excluding carboxylic acids is 3. The SMILES string of the molecule is BC(B)(Nc1cccc(C)c1C(B)(B)N(C=O)C(CCC=O)C(=O)NC)c1cccc(C(B)(B)N2CC(C)OC(C)C2)c1F. The summed E-state index contributed by atoms with van der Waals surface area (Å²) in [4.78, 5) is 40.4. The number of aldehydes is 1. The Bertz CT molecular complexity index is 1360. The van der Waals surface area contributed by atoms with E-state index in [0.29, 0.717) is 30.6 Å². The predicted octanol–water partition coefficient (Wildman–Crippen LogP) is -2.96. The van der Waals surface area contributed by atoms with E-state index < -0.39 is 22.1 Å². The van der Waals surface area contributed by atoms with E-state index >= 15 is 4.39 Å². The smallest absolute Gasteiger partial charge is 0.242 e. The molecule has 2 amide bonds. The highest BCUT2D eigenvalue weighted by Crippen LogP contribution is 2.37. The van der Waals surface area contributed by atoms with E-state index in [1.165, 1.54) is 11.9 Å². The van der Waals surface area contributed by atoms with Crippen LogP contribution in [0.3, 0.4) is 0 Å². The number of likely N-dealkylation sites (N-methyl/N-ethyl adjacent to an activating group) is 1. The maximum atomic E-state index is 16.6. The summed E-state index contributed by atoms with van der Waals surface area (Å²) in [6, 6.07) is 10.5. The van der Waals surface area contributed by atoms with Crippen molar-refractivity contribution >= 4 is 71.4 Å². The van der Waals surface area contributed by atoms with E-state index in [1.807, 2.05) is 88.6 Å². The molecular formula is C29H45B6FN4O4. The summed E-state index contributed by atoms with van der Waals surface area (Å²) in [5.74, 6) is -0.612. The minimum atomic E-state index is -0.961. The Balaban J connectivity index is 2.06. The monoisotopic (exact) mass is 598 g/mol. The highest BCUT2D eigenvalue weighted by Gasteiger charge is 2.40. The Hall–Kier alpha value is -2.91. The predicted molar refractivity (Wildman–Crippen MR) is 190 cm³/mol. The van der Waals surface area contributed by atoms with E-state index in [2.05, 4.69) is 31.2 Å². The van der Waals surface area contributed by atoms with Crippen molar-refractivity contribution in [1.29, 1.82) is 0 Å². The molecule has 1 aliphatic heterocycles. The molecule has 230 valence electrons. The van der Waals surface area contributed by atoms with Crippen molar-refractivity contribution in [2.24, 2.45) is 0 Å². The minimum absolute atomic E-state index is 0.0536. The number of morpholine rings is 1. The maximum Gasteiger partial charge on any atom is 0.242 e. The Morgan fingerprint density at radius 2 is 1.66 bits per heavy atom. The first-order valence-electron chi connectivity index (χ1n) is 15.5. The van der Waals surface area contributed by atoms with Crippen LogP contribution >= 0.6 is 0 Å². The molecule has 1 aliphatic rings. The Labute approximate surface area is 267 Å². The number of nitrogens with one attached hydrogen (secondary N) is 2. The van der Waals surface area contributed by atoms with Crippen LogP contribution in [-0.4, -0.2) is 114 Å². The number of hydrogen-bond donors (Lipinski definition) is 2. The molecule has 3 unspecified atom stereocenters. The highest BCUT2D eigenvalue weighted by molar-refractivity contribution is 6.43. The minimum Gasteiger partial charge on any atom is -0.391 e. The molecule has 0 radical (unpaired) electrons. The van der Waals surface area contributed by atoms with Gasteiger partial charge in [0.05, 0.1) is 12.2 Å². The van der Waals surface area contributed by atoms with Crippen LogP contribution in [0.15, 0.2) is 36.4 Å². The lowest BCUT2D eigenvalue weighted by Crippen LogP contribution is -2.57. The molecule has 1 saturated heterocycles. The third-order valence-corrected chi connectivity index (χ3v) is 9.07. The standard InChI is InChI=1S/C29H45B6FN4O4/c1-17-8-5-11-22(24(17)29(34,35)40(16-42)23(12-7-13-41)26(43)37-4)38-27(30,31)20-9-6-10-21(25(20)36)28(32,33)39-14-18(2)44-19(3)15-39/h5-6,8-11,13,16,18-19,23,38H,7,12,14-15,30-35H2,1-4H3,(H,37,43). The summed E-state index contributed by atoms with van der Waals surface area (Å²) in [6.45, 7) is 7.46. The van der Waals surface area contributed by atoms with Crippen molar-refractivity contribution in [2.45, 2.75) is 67.9 Å². The molecule has 2 N–H and O–H groups in total. The molecule has 0 aliphatic carbocycles. The molecular weight excluding hydrogens is 552 g/mol. The zero-order valence-electron chi connectivity index (χ0n) is 28.1. The zero-order valence-corrected chi connectivity index (χ0v) is 28.1. The second-order valence-electron chi connectivity index (χ2n) is 13.6. The fraction of sp³-hybridized carbons (Fsp3) is 0.483. The van der Waals surface area contributed by atoms with Gasteiger partial charge in [0.1, 0.15) is 65.2 Å². The summed E-state index contributed by atoms with van der Waals surface area (Å²) in [6.07, 6.45) is 1.86. The molecule has 1 fully saturated rings. The number of halogens is 1. The lowest BCUT2D eigenvalue weighted by atomic mass is 9.53. The van der Waals surface area contributed by atoms with Crippen LogP contribution in [0.25, 0.3) is 0 Å². The van der Waals surface area contributed by atoms with Crippen molar-refractivity contribution in [3.05, 3.63) is 64.5 Å². The van der Waals surface area contributed by atoms with Gasteiger partial charge >= 0.3 is 0 Å². The summed E-state index contributed by atoms with van der Waals surface area (Å²) in [7, 11) is 13.3. The van der Waals surface area contributed by atoms with Crippen LogP contribution in [0.4, 0.5) is 10.1 Å². The summed E-state index contributed by atoms with van der Waals surface area (Å²) >= 11 is 0. The summed E-state index contributed by atoms with van der Waals surface area (Å²) in [5, 5.41) is 3.84. The van der Waals surface area contributed by atoms with Gasteiger partial charge in [0.2, 0.25) is 12.3 Å². The van der Waals surface area contributed by atoms with Gasteiger partial charge in [0.25, 0.3) is 0 Å². The van der Waals surface area contributed by atoms with Crippen molar-refractivity contribution in [1.82, 2.24) is 15.1 Å². The zero-order chi connectivity index (χ0) is 33.0. The summed E-state index contributed by atoms with van der Waals surface area (Å²) < 4.78 is 22.6. The fourth-order valence-electron chi connectivity index (χ4n) is 6.79. The second kappa shape index (κ2) is 14.0. The van der Waals surface area contributed by atoms with Gasteiger partial charge in [-0.2, -0.15) is 0 Å². The van der Waals surface area contributed by atoms with Crippen LogP contribution < -0.4 is 10.6 Å². The molecule has 15 heteroatoms. The van der Waals surface area contributed by atoms with Gasteiger partial charge in [-0.25, -0.2) is 4.39 Å². The Morgan fingerprint density at radius 1 is 1.07 bits per heavy atom. The molecule has 0 saturated carbocycles. The van der Waals surface area contributed by atoms with Crippen LogP contribution in [-0.2, 0) is 35.1 Å². The molecule has 0 bridgehead atoms. The van der Waals surface area contributed by atoms with E-state index in [1.54, 1.807) is 0 Å². The highest BCUT2D eigenvalue weighted by atomic mass is 19.1. The topological polar surface area (TPSA) is 91.0 Å². The molecule has 0 spiro atoms. The average molecular weight is 598 g/mol. The van der Waals surface area contributed by atoms with Gasteiger partial charge in [-0.15, -0.1) is 0 Å². The first-order chi connectivity index (χ1) is 20.5. The molecule has 3 atom stereocenters. The van der Waals surface area contributed by atoms with Gasteiger partial charge in [-0.3, -0.25) is 9.59 Å². The normalized spacial score (nSPS) is 18.7. The third kappa shape index (κ3) is 7.31. The number of hydrogen-bond acceptors (Lipinski definition) is 6. The second-order valence-corrected chi connectivity index (χ2v) is 13.6. The van der Waals surface area contributed by atoms with Crippen LogP contribution in [0, 0.1) is 12.7 Å². The number of anilines is 1. The number of aryl methyl sites for hydroxylation is 1. The van der Waals surface area contributed by atoms with Crippen molar-refractivity contribution in [3.8, 4) is 0 Å². The molecule has 0 aromatic heterocycles. The number of carbonyl (C=O) groups is 3. The number of benzene rings is 2. The quantitative estimate of drug-likeness (QED) is 0.190. The van der Waals surface area contributed by atoms with Gasteiger partial charge in [0, 0.05) is 42.9 Å². The Kier molecular flexibility index (Phi) is 11.3. The first kappa shape index (κ1) is 35.6. The van der Waals surface area contributed by atoms with Gasteiger partial charge < -0.3 is 30.0 Å². The average Bonchev–Trinajstić information content (AvgIpc) is 2.93. The molecule has 3 rings (SSSR count). The maximum absolute atomic E-state index is 16.6. The number of rotatable bonds is 13. The van der Waals surface area contributed by atoms with Gasteiger partial charge in [-0.1, -0.05) is 30.3 Å². The first-order valence-corrected chi connectivity index (χ1v) is 15.5. The van der Waals surface area contributed by atoms with E-state index in [9.17, 15) is 14.4 Å². The lowest BCUT2D eigenvalue weighted by Gasteiger charge is -2.46. The number of nitrogens with zero attached hydrogens (tertiary/aromatic N) is 2. The lowest BCUT2D eigenvalue weighted by molar-refractivity contribution is -0.134. The van der Waals surface area contributed by atoms with Gasteiger partial charge in [-0.05, 0) is 60.8 Å². The van der Waals surface area contributed by atoms with Gasteiger partial charge in [0.15, 0.2) is 0 Å². The molecule has 2 aromatic carbocycles. The summed E-state index contributed by atoms with van der Waals surface area (Å²) in [5.41, 5.74) is 3.56. The molecule has 44 heavy (non-hydrogen) atoms. The van der Waals surface area contributed by atoms with Crippen LogP contribution in [0.1, 0.15) is 48.9 Å². The van der Waals surface area contributed by atoms with E-state index in [0.717, 1.165) is 23.1 Å². The number of ether oxygens (including phenoxy) is 1. The van der Waals surface area contributed by atoms with E-state index in [4.69, 9.17) is 4.74 Å². The third-order valence-electron chi connectivity index (χ3n) is 9.07.